The summed E-state index contributed by atoms with van der Waals surface area (Å²) >= 11 is 0. The lowest BCUT2D eigenvalue weighted by Crippen LogP contribution is -2.50. The number of nitrogens with zero attached hydrogens (tertiary/aromatic N) is 4. The third kappa shape index (κ3) is 4.30. The first-order chi connectivity index (χ1) is 11.0. The van der Waals surface area contributed by atoms with Crippen molar-refractivity contribution < 1.29 is 9.59 Å². The summed E-state index contributed by atoms with van der Waals surface area (Å²) in [6.45, 7) is 5.25. The smallest absolute Gasteiger partial charge is 0.266 e. The van der Waals surface area contributed by atoms with Crippen molar-refractivity contribution >= 4 is 17.5 Å². The largest absolute Gasteiger partial charge is 0.359 e. The van der Waals surface area contributed by atoms with Gasteiger partial charge in [-0.25, -0.2) is 0 Å². The molecule has 2 rings (SSSR count). The number of aromatic nitrogens is 1. The van der Waals surface area contributed by atoms with Crippen LogP contribution in [-0.4, -0.2) is 52.8 Å². The van der Waals surface area contributed by atoms with Crippen molar-refractivity contribution in [2.45, 2.75) is 13.8 Å². The lowest BCUT2D eigenvalue weighted by atomic mass is 10.2. The molecule has 2 heterocycles. The van der Waals surface area contributed by atoms with Gasteiger partial charge in [-0.15, -0.1) is 0 Å². The molecule has 1 aromatic heterocycles. The van der Waals surface area contributed by atoms with Gasteiger partial charge in [0, 0.05) is 45.0 Å². The predicted octanol–water partition coefficient (Wildman–Crippen LogP) is 0.900. The molecule has 1 N–H and O–H groups in total. The van der Waals surface area contributed by atoms with E-state index in [-0.39, 0.29) is 17.4 Å². The van der Waals surface area contributed by atoms with Crippen molar-refractivity contribution in [2.24, 2.45) is 0 Å². The molecule has 1 saturated heterocycles. The van der Waals surface area contributed by atoms with Gasteiger partial charge in [0.05, 0.1) is 11.9 Å². The highest BCUT2D eigenvalue weighted by Gasteiger charge is 2.24. The lowest BCUT2D eigenvalue weighted by molar-refractivity contribution is -0.136. The summed E-state index contributed by atoms with van der Waals surface area (Å²) in [6, 6.07) is 5.58. The van der Waals surface area contributed by atoms with Crippen LogP contribution in [0.2, 0.25) is 0 Å². The van der Waals surface area contributed by atoms with E-state index in [1.54, 1.807) is 16.0 Å². The summed E-state index contributed by atoms with van der Waals surface area (Å²) in [4.78, 5) is 31.1. The third-order valence-electron chi connectivity index (χ3n) is 3.66. The molecular formula is C16H19N5O2. The quantitative estimate of drug-likeness (QED) is 0.661. The maximum Gasteiger partial charge on any atom is 0.266 e. The number of amides is 2. The van der Waals surface area contributed by atoms with Crippen LogP contribution in [0.5, 0.6) is 0 Å². The Morgan fingerprint density at radius 1 is 1.26 bits per heavy atom. The summed E-state index contributed by atoms with van der Waals surface area (Å²) in [5.74, 6) is -0.329. The Kier molecular flexibility index (Phi) is 5.31. The molecule has 1 aromatic rings. The number of piperazine rings is 1. The van der Waals surface area contributed by atoms with E-state index < -0.39 is 0 Å². The molecule has 0 aromatic carbocycles. The van der Waals surface area contributed by atoms with E-state index in [4.69, 9.17) is 0 Å². The Morgan fingerprint density at radius 2 is 1.91 bits per heavy atom. The number of carbonyl (C=O) groups is 2. The minimum absolute atomic E-state index is 0.00156. The van der Waals surface area contributed by atoms with Gasteiger partial charge in [0.1, 0.15) is 11.6 Å². The summed E-state index contributed by atoms with van der Waals surface area (Å²) in [5.41, 5.74) is 1.62. The average Bonchev–Trinajstić information content (AvgIpc) is 2.57. The first kappa shape index (κ1) is 16.5. The Balaban J connectivity index is 1.99. The Labute approximate surface area is 135 Å². The third-order valence-corrected chi connectivity index (χ3v) is 3.66. The molecule has 0 radical (unpaired) electrons. The van der Waals surface area contributed by atoms with Crippen molar-refractivity contribution in [2.75, 3.05) is 31.5 Å². The zero-order valence-electron chi connectivity index (χ0n) is 13.2. The summed E-state index contributed by atoms with van der Waals surface area (Å²) in [7, 11) is 0. The molecule has 0 spiro atoms. The van der Waals surface area contributed by atoms with Gasteiger partial charge in [-0.05, 0) is 19.1 Å². The van der Waals surface area contributed by atoms with Gasteiger partial charge >= 0.3 is 0 Å². The first-order valence-electron chi connectivity index (χ1n) is 7.35. The van der Waals surface area contributed by atoms with Gasteiger partial charge in [0.15, 0.2) is 0 Å². The molecule has 1 aliphatic rings. The van der Waals surface area contributed by atoms with Gasteiger partial charge in [-0.3, -0.25) is 14.6 Å². The maximum atomic E-state index is 12.4. The molecule has 0 bridgehead atoms. The molecule has 0 saturated carbocycles. The van der Waals surface area contributed by atoms with Gasteiger partial charge in [0.25, 0.3) is 5.91 Å². The summed E-state index contributed by atoms with van der Waals surface area (Å²) < 4.78 is 0. The molecule has 120 valence electrons. The number of nitriles is 1. The van der Waals surface area contributed by atoms with Crippen LogP contribution in [0.4, 0.5) is 5.69 Å². The van der Waals surface area contributed by atoms with Gasteiger partial charge in [-0.2, -0.15) is 5.26 Å². The summed E-state index contributed by atoms with van der Waals surface area (Å²) in [6.07, 6.45) is 3.03. The SMILES string of the molecule is CC(=O)N1CCN(C(=O)/C(C#N)=C\Nc2ccc(C)nc2)CC1. The fourth-order valence-corrected chi connectivity index (χ4v) is 2.25. The average molecular weight is 313 g/mol. The molecule has 0 atom stereocenters. The first-order valence-corrected chi connectivity index (χ1v) is 7.35. The Hall–Kier alpha value is -2.88. The lowest BCUT2D eigenvalue weighted by Gasteiger charge is -2.34. The second-order valence-electron chi connectivity index (χ2n) is 5.30. The number of carbonyl (C=O) groups excluding carboxylic acids is 2. The monoisotopic (exact) mass is 313 g/mol. The van der Waals surface area contributed by atoms with Gasteiger partial charge < -0.3 is 15.1 Å². The molecule has 0 unspecified atom stereocenters. The molecule has 7 heteroatoms. The van der Waals surface area contributed by atoms with Crippen molar-refractivity contribution in [3.8, 4) is 6.07 Å². The van der Waals surface area contributed by atoms with E-state index in [9.17, 15) is 14.9 Å². The molecule has 0 aliphatic carbocycles. The van der Waals surface area contributed by atoms with Crippen LogP contribution in [0.15, 0.2) is 30.1 Å². The van der Waals surface area contributed by atoms with Gasteiger partial charge in [0.2, 0.25) is 5.91 Å². The Bertz CT molecular complexity index is 652. The van der Waals surface area contributed by atoms with Crippen LogP contribution in [0.1, 0.15) is 12.6 Å². The highest BCUT2D eigenvalue weighted by molar-refractivity contribution is 5.97. The second kappa shape index (κ2) is 7.40. The van der Waals surface area contributed by atoms with Crippen LogP contribution in [0, 0.1) is 18.3 Å². The molecule has 2 amide bonds. The maximum absolute atomic E-state index is 12.4. The van der Waals surface area contributed by atoms with E-state index in [1.807, 2.05) is 25.1 Å². The Morgan fingerprint density at radius 3 is 2.43 bits per heavy atom. The highest BCUT2D eigenvalue weighted by atomic mass is 16.2. The topological polar surface area (TPSA) is 89.3 Å². The van der Waals surface area contributed by atoms with Crippen LogP contribution in [-0.2, 0) is 9.59 Å². The highest BCUT2D eigenvalue weighted by Crippen LogP contribution is 2.10. The van der Waals surface area contributed by atoms with E-state index in [2.05, 4.69) is 10.3 Å². The zero-order valence-corrected chi connectivity index (χ0v) is 13.2. The number of anilines is 1. The van der Waals surface area contributed by atoms with E-state index in [0.29, 0.717) is 31.9 Å². The van der Waals surface area contributed by atoms with Crippen LogP contribution in [0.25, 0.3) is 0 Å². The van der Waals surface area contributed by atoms with Crippen molar-refractivity contribution in [3.05, 3.63) is 35.8 Å². The molecule has 7 nitrogen and oxygen atoms in total. The van der Waals surface area contributed by atoms with Gasteiger partial charge in [-0.1, -0.05) is 0 Å². The van der Waals surface area contributed by atoms with Crippen molar-refractivity contribution in [3.63, 3.8) is 0 Å². The number of rotatable bonds is 3. The molecular weight excluding hydrogens is 294 g/mol. The molecule has 23 heavy (non-hydrogen) atoms. The second-order valence-corrected chi connectivity index (χ2v) is 5.30. The predicted molar refractivity (Wildman–Crippen MR) is 85.1 cm³/mol. The van der Waals surface area contributed by atoms with Crippen LogP contribution < -0.4 is 5.32 Å². The van der Waals surface area contributed by atoms with Crippen LogP contribution >= 0.6 is 0 Å². The number of pyridine rings is 1. The number of aryl methyl sites for hydroxylation is 1. The molecule has 1 aliphatic heterocycles. The number of nitrogens with one attached hydrogen (secondary N) is 1. The zero-order chi connectivity index (χ0) is 16.8. The minimum atomic E-state index is -0.330. The summed E-state index contributed by atoms with van der Waals surface area (Å²) in [5, 5.41) is 12.1. The van der Waals surface area contributed by atoms with Crippen molar-refractivity contribution in [1.29, 1.82) is 5.26 Å². The van der Waals surface area contributed by atoms with Crippen molar-refractivity contribution in [1.82, 2.24) is 14.8 Å². The number of hydrogen-bond donors (Lipinski definition) is 1. The normalized spacial score (nSPS) is 15.1. The van der Waals surface area contributed by atoms with Crippen LogP contribution in [0.3, 0.4) is 0 Å². The molecule has 1 fully saturated rings. The fourth-order valence-electron chi connectivity index (χ4n) is 2.25. The van der Waals surface area contributed by atoms with E-state index in [1.165, 1.54) is 13.1 Å². The van der Waals surface area contributed by atoms with E-state index >= 15 is 0 Å². The minimum Gasteiger partial charge on any atom is -0.359 e. The fraction of sp³-hybridized carbons (Fsp3) is 0.375. The number of hydrogen-bond acceptors (Lipinski definition) is 5. The standard InChI is InChI=1S/C16H19N5O2/c1-12-3-4-15(11-18-12)19-10-14(9-17)16(23)21-7-5-20(6-8-21)13(2)22/h3-4,10-11,19H,5-8H2,1-2H3/b14-10-. The van der Waals surface area contributed by atoms with E-state index in [0.717, 1.165) is 5.69 Å².